The van der Waals surface area contributed by atoms with Crippen LogP contribution in [0.2, 0.25) is 0 Å². The normalized spacial score (nSPS) is 12.9. The number of hydrogen-bond donors (Lipinski definition) is 0. The van der Waals surface area contributed by atoms with Gasteiger partial charge in [-0.1, -0.05) is 24.3 Å². The first-order chi connectivity index (χ1) is 12.2. The Balaban J connectivity index is 1.81. The maximum absolute atomic E-state index is 12.2. The van der Waals surface area contributed by atoms with Crippen LogP contribution in [0.1, 0.15) is 33.5 Å². The molecule has 1 aromatic heterocycles. The van der Waals surface area contributed by atoms with Crippen molar-refractivity contribution in [2.24, 2.45) is 0 Å². The second-order valence-electron chi connectivity index (χ2n) is 6.31. The average Bonchev–Trinajstić information content (AvgIpc) is 3.14. The van der Waals surface area contributed by atoms with E-state index in [0.29, 0.717) is 17.0 Å². The number of methoxy groups -OCH3 is 1. The van der Waals surface area contributed by atoms with Crippen molar-refractivity contribution in [1.29, 1.82) is 0 Å². The Morgan fingerprint density at radius 3 is 2.72 bits per heavy atom. The van der Waals surface area contributed by atoms with Crippen LogP contribution in [0.25, 0.3) is 10.9 Å². The van der Waals surface area contributed by atoms with E-state index >= 15 is 0 Å². The summed E-state index contributed by atoms with van der Waals surface area (Å²) >= 11 is 0. The third-order valence-corrected chi connectivity index (χ3v) is 4.79. The molecule has 1 heterocycles. The van der Waals surface area contributed by atoms with Gasteiger partial charge in [0, 0.05) is 11.5 Å². The van der Waals surface area contributed by atoms with E-state index < -0.39 is 5.97 Å². The number of para-hydroxylation sites is 1. The van der Waals surface area contributed by atoms with Gasteiger partial charge in [0.25, 0.3) is 0 Å². The van der Waals surface area contributed by atoms with E-state index in [1.807, 2.05) is 30.3 Å². The van der Waals surface area contributed by atoms with Gasteiger partial charge < -0.3 is 9.47 Å². The minimum atomic E-state index is -0.391. The zero-order valence-corrected chi connectivity index (χ0v) is 14.3. The van der Waals surface area contributed by atoms with Crippen LogP contribution in [0.5, 0.6) is 11.6 Å². The van der Waals surface area contributed by atoms with Crippen molar-refractivity contribution in [2.75, 3.05) is 7.11 Å². The fourth-order valence-corrected chi connectivity index (χ4v) is 3.54. The minimum absolute atomic E-state index is 0.391. The molecule has 0 N–H and O–H groups in total. The Morgan fingerprint density at radius 2 is 1.88 bits per heavy atom. The van der Waals surface area contributed by atoms with E-state index in [1.54, 1.807) is 6.07 Å². The molecule has 25 heavy (non-hydrogen) atoms. The number of rotatable bonds is 3. The summed E-state index contributed by atoms with van der Waals surface area (Å²) in [5.74, 6) is 0.853. The van der Waals surface area contributed by atoms with Crippen LogP contribution in [0.15, 0.2) is 42.5 Å². The van der Waals surface area contributed by atoms with Crippen LogP contribution in [0, 0.1) is 6.92 Å². The number of fused-ring (bicyclic) bond motifs is 2. The van der Waals surface area contributed by atoms with Crippen molar-refractivity contribution in [2.45, 2.75) is 26.2 Å². The van der Waals surface area contributed by atoms with Crippen LogP contribution in [0.3, 0.4) is 0 Å². The van der Waals surface area contributed by atoms with Crippen LogP contribution < -0.4 is 4.74 Å². The van der Waals surface area contributed by atoms with Gasteiger partial charge in [-0.3, -0.25) is 0 Å². The van der Waals surface area contributed by atoms with Crippen molar-refractivity contribution >= 4 is 16.9 Å². The molecular weight excluding hydrogens is 314 g/mol. The molecule has 1 aliphatic carbocycles. The van der Waals surface area contributed by atoms with E-state index in [0.717, 1.165) is 30.4 Å². The molecule has 4 heteroatoms. The SMILES string of the molecule is COC(=O)c1cc(Oc2ccc(C)c3c2CCC3)nc2ccccc12. The highest BCUT2D eigenvalue weighted by Crippen LogP contribution is 2.36. The average molecular weight is 333 g/mol. The van der Waals surface area contributed by atoms with Gasteiger partial charge in [0.15, 0.2) is 0 Å². The number of carbonyl (C=O) groups excluding carboxylic acids is 1. The standard InChI is InChI=1S/C21H19NO3/c1-13-10-11-19(16-8-5-7-14(13)16)25-20-12-17(21(23)24-2)15-6-3-4-9-18(15)22-20/h3-4,6,9-12H,5,7-8H2,1-2H3. The van der Waals surface area contributed by atoms with Crippen molar-refractivity contribution in [3.8, 4) is 11.6 Å². The second-order valence-corrected chi connectivity index (χ2v) is 6.31. The van der Waals surface area contributed by atoms with E-state index in [9.17, 15) is 4.79 Å². The molecule has 4 rings (SSSR count). The summed E-state index contributed by atoms with van der Waals surface area (Å²) in [4.78, 5) is 16.7. The summed E-state index contributed by atoms with van der Waals surface area (Å²) in [6.45, 7) is 2.14. The fraction of sp³-hybridized carbons (Fsp3) is 0.238. The van der Waals surface area contributed by atoms with Crippen molar-refractivity contribution < 1.29 is 14.3 Å². The predicted molar refractivity (Wildman–Crippen MR) is 96.4 cm³/mol. The van der Waals surface area contributed by atoms with E-state index in [-0.39, 0.29) is 0 Å². The van der Waals surface area contributed by atoms with Gasteiger partial charge in [-0.15, -0.1) is 0 Å². The smallest absolute Gasteiger partial charge is 0.338 e. The number of esters is 1. The van der Waals surface area contributed by atoms with Gasteiger partial charge >= 0.3 is 5.97 Å². The Morgan fingerprint density at radius 1 is 1.08 bits per heavy atom. The first kappa shape index (κ1) is 15.6. The molecule has 0 saturated heterocycles. The lowest BCUT2D eigenvalue weighted by atomic mass is 10.0. The van der Waals surface area contributed by atoms with Gasteiger partial charge in [0.1, 0.15) is 5.75 Å². The molecule has 0 atom stereocenters. The monoisotopic (exact) mass is 333 g/mol. The Kier molecular flexibility index (Phi) is 3.88. The van der Waals surface area contributed by atoms with Gasteiger partial charge in [0.05, 0.1) is 18.2 Å². The summed E-state index contributed by atoms with van der Waals surface area (Å²) in [7, 11) is 1.38. The molecule has 126 valence electrons. The summed E-state index contributed by atoms with van der Waals surface area (Å²) in [5.41, 5.74) is 5.12. The van der Waals surface area contributed by atoms with Gasteiger partial charge in [0.2, 0.25) is 5.88 Å². The van der Waals surface area contributed by atoms with Crippen LogP contribution in [-0.4, -0.2) is 18.1 Å². The first-order valence-corrected chi connectivity index (χ1v) is 8.44. The Hall–Kier alpha value is -2.88. The summed E-state index contributed by atoms with van der Waals surface area (Å²) in [5, 5.41) is 0.760. The second kappa shape index (κ2) is 6.20. The Bertz CT molecular complexity index is 978. The molecule has 1 aliphatic rings. The van der Waals surface area contributed by atoms with Crippen molar-refractivity contribution in [1.82, 2.24) is 4.98 Å². The molecule has 0 spiro atoms. The molecule has 0 radical (unpaired) electrons. The molecule has 0 aliphatic heterocycles. The van der Waals surface area contributed by atoms with Crippen LogP contribution in [0.4, 0.5) is 0 Å². The highest BCUT2D eigenvalue weighted by Gasteiger charge is 2.20. The molecule has 2 aromatic carbocycles. The molecule has 3 aromatic rings. The van der Waals surface area contributed by atoms with E-state index in [4.69, 9.17) is 9.47 Å². The van der Waals surface area contributed by atoms with Crippen molar-refractivity contribution in [3.05, 3.63) is 64.7 Å². The Labute approximate surface area is 146 Å². The lowest BCUT2D eigenvalue weighted by Gasteiger charge is -2.13. The first-order valence-electron chi connectivity index (χ1n) is 8.44. The van der Waals surface area contributed by atoms with E-state index in [2.05, 4.69) is 18.0 Å². The highest BCUT2D eigenvalue weighted by atomic mass is 16.5. The molecule has 0 bridgehead atoms. The lowest BCUT2D eigenvalue weighted by Crippen LogP contribution is -2.04. The number of ether oxygens (including phenoxy) is 2. The summed E-state index contributed by atoms with van der Waals surface area (Å²) in [6.07, 6.45) is 3.26. The van der Waals surface area contributed by atoms with Crippen LogP contribution in [-0.2, 0) is 17.6 Å². The van der Waals surface area contributed by atoms with Crippen molar-refractivity contribution in [3.63, 3.8) is 0 Å². The number of aromatic nitrogens is 1. The number of hydrogen-bond acceptors (Lipinski definition) is 4. The number of carbonyl (C=O) groups is 1. The number of benzene rings is 2. The highest BCUT2D eigenvalue weighted by molar-refractivity contribution is 6.03. The minimum Gasteiger partial charge on any atom is -0.465 e. The third-order valence-electron chi connectivity index (χ3n) is 4.79. The largest absolute Gasteiger partial charge is 0.465 e. The molecule has 0 amide bonds. The number of nitrogens with zero attached hydrogens (tertiary/aromatic N) is 1. The maximum Gasteiger partial charge on any atom is 0.338 e. The summed E-state index contributed by atoms with van der Waals surface area (Å²) in [6, 6.07) is 13.2. The van der Waals surface area contributed by atoms with Gasteiger partial charge in [-0.05, 0) is 55.0 Å². The molecular formula is C21H19NO3. The predicted octanol–water partition coefficient (Wildman–Crippen LogP) is 4.61. The van der Waals surface area contributed by atoms with Gasteiger partial charge in [-0.2, -0.15) is 0 Å². The summed E-state index contributed by atoms with van der Waals surface area (Å²) < 4.78 is 11.0. The quantitative estimate of drug-likeness (QED) is 0.657. The third kappa shape index (κ3) is 2.74. The van der Waals surface area contributed by atoms with E-state index in [1.165, 1.54) is 23.8 Å². The zero-order valence-electron chi connectivity index (χ0n) is 14.3. The fourth-order valence-electron chi connectivity index (χ4n) is 3.54. The molecule has 4 nitrogen and oxygen atoms in total. The van der Waals surface area contributed by atoms with Gasteiger partial charge in [-0.25, -0.2) is 9.78 Å². The number of pyridine rings is 1. The molecule has 0 fully saturated rings. The lowest BCUT2D eigenvalue weighted by molar-refractivity contribution is 0.0602. The number of aryl methyl sites for hydroxylation is 1. The zero-order chi connectivity index (χ0) is 17.4. The molecule has 0 unspecified atom stereocenters. The maximum atomic E-state index is 12.2. The van der Waals surface area contributed by atoms with Crippen LogP contribution >= 0.6 is 0 Å². The molecule has 0 saturated carbocycles. The topological polar surface area (TPSA) is 48.4 Å².